The molecule has 0 aliphatic carbocycles. The number of aromatic nitrogens is 1. The van der Waals surface area contributed by atoms with Gasteiger partial charge in [0, 0.05) is 5.56 Å². The first-order chi connectivity index (χ1) is 19.4. The van der Waals surface area contributed by atoms with Gasteiger partial charge in [0.15, 0.2) is 16.6 Å². The maximum atomic E-state index is 13.6. The minimum absolute atomic E-state index is 0.0483. The zero-order chi connectivity index (χ0) is 28.4. The molecule has 0 radical (unpaired) electrons. The standard InChI is InChI=1S/C31H28N2O6S/c1-5-15-39-23-14-10-20(17-24(23)38-6-2)27-26(28(34)19-8-11-21(37-4)12-9-19)29(35)30(36)33(27)31-32-22-13-7-18(3)16-25(22)40-31/h5,7-14,16-17,27,34H,1,6,15H2,2-4H3/b28-26+. The molecule has 2 heterocycles. The Balaban J connectivity index is 1.71. The molecule has 5 rings (SSSR count). The van der Waals surface area contributed by atoms with Crippen LogP contribution in [0.2, 0.25) is 0 Å². The molecule has 3 aromatic carbocycles. The number of anilines is 1. The normalized spacial score (nSPS) is 16.4. The summed E-state index contributed by atoms with van der Waals surface area (Å²) >= 11 is 1.31. The van der Waals surface area contributed by atoms with E-state index in [0.717, 1.165) is 10.3 Å². The highest BCUT2D eigenvalue weighted by atomic mass is 32.1. The fourth-order valence-electron chi connectivity index (χ4n) is 4.60. The molecule has 1 fully saturated rings. The molecule has 1 amide bonds. The Bertz CT molecular complexity index is 1640. The molecule has 4 aromatic rings. The van der Waals surface area contributed by atoms with Crippen molar-refractivity contribution >= 4 is 44.1 Å². The van der Waals surface area contributed by atoms with Gasteiger partial charge in [-0.25, -0.2) is 4.98 Å². The van der Waals surface area contributed by atoms with E-state index >= 15 is 0 Å². The Morgan fingerprint density at radius 3 is 2.55 bits per heavy atom. The molecule has 0 spiro atoms. The number of aryl methyl sites for hydroxylation is 1. The third kappa shape index (κ3) is 4.91. The number of Topliss-reactive ketones (excluding diaryl/α,β-unsaturated/α-hetero) is 1. The minimum Gasteiger partial charge on any atom is -0.507 e. The molecule has 1 aliphatic heterocycles. The number of hydrogen-bond donors (Lipinski definition) is 1. The first kappa shape index (κ1) is 27.0. The second kappa shape index (κ2) is 11.2. The molecule has 40 heavy (non-hydrogen) atoms. The van der Waals surface area contributed by atoms with Crippen molar-refractivity contribution in [3.8, 4) is 17.2 Å². The van der Waals surface area contributed by atoms with E-state index in [-0.39, 0.29) is 17.9 Å². The predicted molar refractivity (Wildman–Crippen MR) is 155 cm³/mol. The second-order valence-corrected chi connectivity index (χ2v) is 10.1. The number of aliphatic hydroxyl groups is 1. The third-order valence-corrected chi connectivity index (χ3v) is 7.50. The summed E-state index contributed by atoms with van der Waals surface area (Å²) in [6, 6.07) is 16.7. The summed E-state index contributed by atoms with van der Waals surface area (Å²) in [6.07, 6.45) is 1.63. The van der Waals surface area contributed by atoms with Crippen LogP contribution in [0.15, 0.2) is 78.9 Å². The number of aliphatic hydroxyl groups excluding tert-OH is 1. The lowest BCUT2D eigenvalue weighted by Gasteiger charge is -2.24. The number of rotatable bonds is 9. The fourth-order valence-corrected chi connectivity index (χ4v) is 5.69. The van der Waals surface area contributed by atoms with Crippen LogP contribution < -0.4 is 19.1 Å². The van der Waals surface area contributed by atoms with Crippen molar-refractivity contribution in [2.75, 3.05) is 25.2 Å². The number of benzene rings is 3. The van der Waals surface area contributed by atoms with Gasteiger partial charge in [-0.3, -0.25) is 14.5 Å². The SMILES string of the molecule is C=CCOc1ccc(C2/C(=C(\O)c3ccc(OC)cc3)C(=O)C(=O)N2c2nc3ccc(C)cc3s2)cc1OCC. The fraction of sp³-hybridized carbons (Fsp3) is 0.194. The first-order valence-corrected chi connectivity index (χ1v) is 13.5. The van der Waals surface area contributed by atoms with Crippen molar-refractivity contribution in [1.82, 2.24) is 4.98 Å². The van der Waals surface area contributed by atoms with Gasteiger partial charge >= 0.3 is 5.91 Å². The van der Waals surface area contributed by atoms with Gasteiger partial charge in [-0.1, -0.05) is 36.1 Å². The summed E-state index contributed by atoms with van der Waals surface area (Å²) < 4.78 is 17.7. The Hall–Kier alpha value is -4.63. The van der Waals surface area contributed by atoms with E-state index < -0.39 is 17.7 Å². The molecule has 1 aliphatic rings. The van der Waals surface area contributed by atoms with Crippen LogP contribution in [0.5, 0.6) is 17.2 Å². The molecule has 1 saturated heterocycles. The predicted octanol–water partition coefficient (Wildman–Crippen LogP) is 6.20. The number of fused-ring (bicyclic) bond motifs is 1. The van der Waals surface area contributed by atoms with Gasteiger partial charge in [0.05, 0.1) is 35.5 Å². The van der Waals surface area contributed by atoms with Gasteiger partial charge < -0.3 is 19.3 Å². The third-order valence-electron chi connectivity index (χ3n) is 6.49. The van der Waals surface area contributed by atoms with Crippen LogP contribution in [0.4, 0.5) is 5.13 Å². The number of nitrogens with zero attached hydrogens (tertiary/aromatic N) is 2. The maximum Gasteiger partial charge on any atom is 0.301 e. The van der Waals surface area contributed by atoms with Crippen LogP contribution in [-0.4, -0.2) is 42.1 Å². The number of carbonyl (C=O) groups is 2. The quantitative estimate of drug-likeness (QED) is 0.113. The van der Waals surface area contributed by atoms with Gasteiger partial charge in [-0.05, 0) is 73.5 Å². The molecule has 0 bridgehead atoms. The number of thiazole rings is 1. The molecular weight excluding hydrogens is 528 g/mol. The van der Waals surface area contributed by atoms with E-state index in [9.17, 15) is 14.7 Å². The molecule has 8 nitrogen and oxygen atoms in total. The van der Waals surface area contributed by atoms with E-state index in [1.807, 2.05) is 32.0 Å². The summed E-state index contributed by atoms with van der Waals surface area (Å²) in [5.41, 5.74) is 2.65. The monoisotopic (exact) mass is 556 g/mol. The summed E-state index contributed by atoms with van der Waals surface area (Å²) in [7, 11) is 1.54. The Morgan fingerprint density at radius 2 is 1.85 bits per heavy atom. The first-order valence-electron chi connectivity index (χ1n) is 12.7. The number of hydrogen-bond acceptors (Lipinski definition) is 8. The topological polar surface area (TPSA) is 98.2 Å². The van der Waals surface area contributed by atoms with E-state index in [4.69, 9.17) is 14.2 Å². The average molecular weight is 557 g/mol. The van der Waals surface area contributed by atoms with Crippen LogP contribution >= 0.6 is 11.3 Å². The summed E-state index contributed by atoms with van der Waals surface area (Å²) in [4.78, 5) is 33.2. The van der Waals surface area contributed by atoms with Gasteiger partial charge in [0.25, 0.3) is 5.78 Å². The lowest BCUT2D eigenvalue weighted by molar-refractivity contribution is -0.132. The highest BCUT2D eigenvalue weighted by Gasteiger charge is 2.48. The molecule has 1 atom stereocenters. The van der Waals surface area contributed by atoms with Gasteiger partial charge in [-0.2, -0.15) is 0 Å². The van der Waals surface area contributed by atoms with Crippen LogP contribution in [0.1, 0.15) is 29.7 Å². The Labute approximate surface area is 235 Å². The molecule has 1 unspecified atom stereocenters. The highest BCUT2D eigenvalue weighted by molar-refractivity contribution is 7.22. The van der Waals surface area contributed by atoms with E-state index in [1.165, 1.54) is 23.3 Å². The van der Waals surface area contributed by atoms with E-state index in [0.29, 0.717) is 45.6 Å². The Morgan fingerprint density at radius 1 is 1.07 bits per heavy atom. The number of amides is 1. The zero-order valence-electron chi connectivity index (χ0n) is 22.3. The lowest BCUT2D eigenvalue weighted by Crippen LogP contribution is -2.29. The van der Waals surface area contributed by atoms with Crippen LogP contribution in [0, 0.1) is 6.92 Å². The van der Waals surface area contributed by atoms with Crippen LogP contribution in [-0.2, 0) is 9.59 Å². The van der Waals surface area contributed by atoms with Crippen molar-refractivity contribution < 1.29 is 28.9 Å². The van der Waals surface area contributed by atoms with Gasteiger partial charge in [0.1, 0.15) is 18.1 Å². The minimum atomic E-state index is -0.962. The van der Waals surface area contributed by atoms with Crippen LogP contribution in [0.25, 0.3) is 16.0 Å². The van der Waals surface area contributed by atoms with Crippen molar-refractivity contribution in [2.24, 2.45) is 0 Å². The summed E-state index contributed by atoms with van der Waals surface area (Å²) in [5, 5.41) is 11.8. The number of carbonyl (C=O) groups excluding carboxylic acids is 2. The number of ketones is 1. The summed E-state index contributed by atoms with van der Waals surface area (Å²) in [5.74, 6) is -0.352. The van der Waals surface area contributed by atoms with Crippen molar-refractivity contribution in [3.63, 3.8) is 0 Å². The molecule has 1 aromatic heterocycles. The largest absolute Gasteiger partial charge is 0.507 e. The average Bonchev–Trinajstić information content (AvgIpc) is 3.49. The van der Waals surface area contributed by atoms with Crippen LogP contribution in [0.3, 0.4) is 0 Å². The second-order valence-electron chi connectivity index (χ2n) is 9.10. The Kier molecular flexibility index (Phi) is 7.57. The van der Waals surface area contributed by atoms with E-state index in [2.05, 4.69) is 11.6 Å². The molecule has 9 heteroatoms. The maximum absolute atomic E-state index is 13.6. The zero-order valence-corrected chi connectivity index (χ0v) is 23.2. The molecule has 0 saturated carbocycles. The number of ether oxygens (including phenoxy) is 3. The van der Waals surface area contributed by atoms with E-state index in [1.54, 1.807) is 48.5 Å². The summed E-state index contributed by atoms with van der Waals surface area (Å²) in [6.45, 7) is 8.17. The smallest absolute Gasteiger partial charge is 0.301 e. The lowest BCUT2D eigenvalue weighted by atomic mass is 9.95. The molecular formula is C31H28N2O6S. The highest BCUT2D eigenvalue weighted by Crippen LogP contribution is 2.46. The number of methoxy groups -OCH3 is 1. The van der Waals surface area contributed by atoms with Gasteiger partial charge in [-0.15, -0.1) is 0 Å². The van der Waals surface area contributed by atoms with Gasteiger partial charge in [0.2, 0.25) is 0 Å². The van der Waals surface area contributed by atoms with Crippen molar-refractivity contribution in [3.05, 3.63) is 95.6 Å². The molecule has 1 N–H and O–H groups in total. The van der Waals surface area contributed by atoms with Crippen molar-refractivity contribution in [1.29, 1.82) is 0 Å². The molecule has 204 valence electrons. The van der Waals surface area contributed by atoms with Crippen molar-refractivity contribution in [2.45, 2.75) is 19.9 Å².